The van der Waals surface area contributed by atoms with Crippen molar-refractivity contribution < 1.29 is 23.4 Å². The normalized spacial score (nSPS) is 17.4. The number of aliphatic hydroxyl groups is 1. The Labute approximate surface area is 108 Å². The fourth-order valence-corrected chi connectivity index (χ4v) is 3.60. The zero-order valence-corrected chi connectivity index (χ0v) is 10.6. The average Bonchev–Trinajstić information content (AvgIpc) is 2.24. The van der Waals surface area contributed by atoms with Gasteiger partial charge in [-0.1, -0.05) is 11.6 Å². The van der Waals surface area contributed by atoms with Crippen LogP contribution in [0.15, 0.2) is 23.1 Å². The summed E-state index contributed by atoms with van der Waals surface area (Å²) in [6.45, 7) is -0.00801. The summed E-state index contributed by atoms with van der Waals surface area (Å²) in [4.78, 5) is 10.6. The number of β-amino-alcohol motifs (C(OH)–C–C–N with tert-alkyl or cyclic N) is 1. The molecule has 1 saturated heterocycles. The van der Waals surface area contributed by atoms with Gasteiger partial charge in [-0.25, -0.2) is 13.2 Å². The third-order valence-corrected chi connectivity index (χ3v) is 4.94. The highest BCUT2D eigenvalue weighted by Gasteiger charge is 2.36. The van der Waals surface area contributed by atoms with E-state index in [4.69, 9.17) is 21.8 Å². The molecular formula is C10H10ClNO5S. The molecule has 2 N–H and O–H groups in total. The van der Waals surface area contributed by atoms with E-state index in [0.29, 0.717) is 0 Å². The van der Waals surface area contributed by atoms with Crippen molar-refractivity contribution in [1.82, 2.24) is 4.31 Å². The van der Waals surface area contributed by atoms with Gasteiger partial charge in [0.2, 0.25) is 10.0 Å². The van der Waals surface area contributed by atoms with E-state index >= 15 is 0 Å². The van der Waals surface area contributed by atoms with Gasteiger partial charge in [0, 0.05) is 13.1 Å². The van der Waals surface area contributed by atoms with Gasteiger partial charge >= 0.3 is 5.97 Å². The molecule has 0 radical (unpaired) electrons. The Morgan fingerprint density at radius 2 is 2.00 bits per heavy atom. The summed E-state index contributed by atoms with van der Waals surface area (Å²) in [6.07, 6.45) is -0.679. The highest BCUT2D eigenvalue weighted by Crippen LogP contribution is 2.28. The zero-order valence-electron chi connectivity index (χ0n) is 9.08. The second-order valence-electron chi connectivity index (χ2n) is 3.93. The fourth-order valence-electron chi connectivity index (χ4n) is 1.59. The predicted octanol–water partition coefficient (Wildman–Crippen LogP) is 0.403. The average molecular weight is 292 g/mol. The molecule has 1 aliphatic heterocycles. The standard InChI is InChI=1S/C10H10ClNO5S/c11-8-2-1-6(10(14)15)3-9(8)18(16,17)12-4-7(13)5-12/h1-3,7,13H,4-5H2,(H,14,15). The van der Waals surface area contributed by atoms with Crippen LogP contribution in [-0.2, 0) is 10.0 Å². The first-order valence-electron chi connectivity index (χ1n) is 5.03. The number of aromatic carboxylic acids is 1. The van der Waals surface area contributed by atoms with Crippen molar-refractivity contribution in [3.8, 4) is 0 Å². The SMILES string of the molecule is O=C(O)c1ccc(Cl)c(S(=O)(=O)N2CC(O)C2)c1. The summed E-state index contributed by atoms with van der Waals surface area (Å²) in [5.41, 5.74) is -0.154. The molecule has 0 atom stereocenters. The van der Waals surface area contributed by atoms with Gasteiger partial charge in [0.1, 0.15) is 4.90 Å². The Hall–Kier alpha value is -1.15. The maximum Gasteiger partial charge on any atom is 0.335 e. The lowest BCUT2D eigenvalue weighted by Gasteiger charge is -2.34. The monoisotopic (exact) mass is 291 g/mol. The van der Waals surface area contributed by atoms with Crippen molar-refractivity contribution in [3.63, 3.8) is 0 Å². The number of carbonyl (C=O) groups is 1. The highest BCUT2D eigenvalue weighted by atomic mass is 35.5. The van der Waals surface area contributed by atoms with Crippen molar-refractivity contribution in [2.75, 3.05) is 13.1 Å². The topological polar surface area (TPSA) is 94.9 Å². The van der Waals surface area contributed by atoms with Crippen molar-refractivity contribution in [2.24, 2.45) is 0 Å². The van der Waals surface area contributed by atoms with E-state index in [1.807, 2.05) is 0 Å². The molecule has 0 amide bonds. The Morgan fingerprint density at radius 1 is 1.39 bits per heavy atom. The maximum atomic E-state index is 12.1. The number of hydrogen-bond donors (Lipinski definition) is 2. The van der Waals surface area contributed by atoms with Crippen LogP contribution in [0.25, 0.3) is 0 Å². The van der Waals surface area contributed by atoms with Crippen LogP contribution in [0, 0.1) is 0 Å². The minimum Gasteiger partial charge on any atom is -0.478 e. The van der Waals surface area contributed by atoms with Gasteiger partial charge < -0.3 is 10.2 Å². The van der Waals surface area contributed by atoms with Crippen LogP contribution in [0.4, 0.5) is 0 Å². The molecule has 1 aliphatic rings. The molecule has 0 aromatic heterocycles. The van der Waals surface area contributed by atoms with E-state index in [9.17, 15) is 13.2 Å². The first-order chi connectivity index (χ1) is 8.32. The van der Waals surface area contributed by atoms with Gasteiger partial charge in [-0.3, -0.25) is 0 Å². The molecule has 1 aromatic rings. The third-order valence-electron chi connectivity index (χ3n) is 2.62. The van der Waals surface area contributed by atoms with Crippen LogP contribution in [-0.4, -0.2) is 48.1 Å². The molecule has 8 heteroatoms. The zero-order chi connectivity index (χ0) is 13.5. The summed E-state index contributed by atoms with van der Waals surface area (Å²) in [5, 5.41) is 17.9. The molecule has 0 spiro atoms. The van der Waals surface area contributed by atoms with Crippen molar-refractivity contribution >= 4 is 27.6 Å². The number of benzene rings is 1. The Balaban J connectivity index is 2.44. The summed E-state index contributed by atoms with van der Waals surface area (Å²) in [7, 11) is -3.84. The van der Waals surface area contributed by atoms with Crippen LogP contribution in [0.2, 0.25) is 5.02 Å². The van der Waals surface area contributed by atoms with E-state index in [1.54, 1.807) is 0 Å². The molecule has 6 nitrogen and oxygen atoms in total. The van der Waals surface area contributed by atoms with Crippen molar-refractivity contribution in [1.29, 1.82) is 0 Å². The van der Waals surface area contributed by atoms with Crippen LogP contribution in [0.3, 0.4) is 0 Å². The first kappa shape index (κ1) is 13.3. The number of rotatable bonds is 3. The molecule has 0 saturated carbocycles. The number of sulfonamides is 1. The van der Waals surface area contributed by atoms with Crippen molar-refractivity contribution in [3.05, 3.63) is 28.8 Å². The van der Waals surface area contributed by atoms with E-state index in [0.717, 1.165) is 10.4 Å². The molecule has 1 fully saturated rings. The van der Waals surface area contributed by atoms with Crippen molar-refractivity contribution in [2.45, 2.75) is 11.0 Å². The van der Waals surface area contributed by atoms with Crippen LogP contribution < -0.4 is 0 Å². The van der Waals surface area contributed by atoms with E-state index in [2.05, 4.69) is 0 Å². The molecule has 98 valence electrons. The number of nitrogens with zero attached hydrogens (tertiary/aromatic N) is 1. The van der Waals surface area contributed by atoms with Crippen LogP contribution in [0.1, 0.15) is 10.4 Å². The first-order valence-corrected chi connectivity index (χ1v) is 6.85. The van der Waals surface area contributed by atoms with Gasteiger partial charge in [-0.05, 0) is 18.2 Å². The number of halogens is 1. The number of carboxylic acids is 1. The third kappa shape index (κ3) is 2.22. The lowest BCUT2D eigenvalue weighted by Crippen LogP contribution is -2.53. The summed E-state index contributed by atoms with van der Waals surface area (Å²) in [5.74, 6) is -1.23. The summed E-state index contributed by atoms with van der Waals surface area (Å²) >= 11 is 5.79. The molecule has 18 heavy (non-hydrogen) atoms. The largest absolute Gasteiger partial charge is 0.478 e. The minimum atomic E-state index is -3.84. The van der Waals surface area contributed by atoms with E-state index in [1.165, 1.54) is 12.1 Å². The lowest BCUT2D eigenvalue weighted by molar-refractivity contribution is 0.0547. The number of carboxylic acid groups (broad SMARTS) is 1. The molecule has 0 bridgehead atoms. The second kappa shape index (κ2) is 4.51. The molecule has 2 rings (SSSR count). The van der Waals surface area contributed by atoms with Gasteiger partial charge in [0.15, 0.2) is 0 Å². The fraction of sp³-hybridized carbons (Fsp3) is 0.300. The Morgan fingerprint density at radius 3 is 2.50 bits per heavy atom. The van der Waals surface area contributed by atoms with Gasteiger partial charge in [-0.2, -0.15) is 4.31 Å². The maximum absolute atomic E-state index is 12.1. The molecule has 1 heterocycles. The minimum absolute atomic E-state index is 0.00401. The lowest BCUT2D eigenvalue weighted by atomic mass is 10.2. The highest BCUT2D eigenvalue weighted by molar-refractivity contribution is 7.89. The molecule has 1 aromatic carbocycles. The summed E-state index contributed by atoms with van der Waals surface area (Å²) in [6, 6.07) is 3.48. The quantitative estimate of drug-likeness (QED) is 0.841. The Kier molecular flexibility index (Phi) is 3.33. The number of aliphatic hydroxyl groups excluding tert-OH is 1. The smallest absolute Gasteiger partial charge is 0.335 e. The molecular weight excluding hydrogens is 282 g/mol. The Bertz CT molecular complexity index is 594. The second-order valence-corrected chi connectivity index (χ2v) is 6.24. The van der Waals surface area contributed by atoms with Gasteiger partial charge in [-0.15, -0.1) is 0 Å². The summed E-state index contributed by atoms with van der Waals surface area (Å²) < 4.78 is 25.2. The van der Waals surface area contributed by atoms with Crippen LogP contribution in [0.5, 0.6) is 0 Å². The molecule has 0 unspecified atom stereocenters. The van der Waals surface area contributed by atoms with E-state index in [-0.39, 0.29) is 28.6 Å². The van der Waals surface area contributed by atoms with Gasteiger partial charge in [0.05, 0.1) is 16.7 Å². The number of hydrogen-bond acceptors (Lipinski definition) is 4. The van der Waals surface area contributed by atoms with Gasteiger partial charge in [0.25, 0.3) is 0 Å². The van der Waals surface area contributed by atoms with Crippen LogP contribution >= 0.6 is 11.6 Å². The van der Waals surface area contributed by atoms with E-state index < -0.39 is 22.1 Å². The predicted molar refractivity (Wildman–Crippen MR) is 63.2 cm³/mol. The molecule has 0 aliphatic carbocycles.